The Labute approximate surface area is 163 Å². The summed E-state index contributed by atoms with van der Waals surface area (Å²) in [5.74, 6) is -1.80. The normalized spacial score (nSPS) is 12.3. The van der Waals surface area contributed by atoms with Gasteiger partial charge < -0.3 is 14.6 Å². The Morgan fingerprint density at radius 1 is 1.28 bits per heavy atom. The van der Waals surface area contributed by atoms with Gasteiger partial charge in [0.1, 0.15) is 12.2 Å². The number of amides is 1. The van der Waals surface area contributed by atoms with Crippen LogP contribution in [-0.4, -0.2) is 33.6 Å². The molecule has 0 radical (unpaired) electrons. The van der Waals surface area contributed by atoms with E-state index in [1.165, 1.54) is 51.1 Å². The second-order valence-corrected chi connectivity index (χ2v) is 6.30. The zero-order chi connectivity index (χ0) is 21.9. The van der Waals surface area contributed by atoms with Crippen LogP contribution in [0.15, 0.2) is 30.3 Å². The molecule has 29 heavy (non-hydrogen) atoms. The Balaban J connectivity index is 2.12. The van der Waals surface area contributed by atoms with E-state index in [4.69, 9.17) is 4.74 Å². The number of nitro benzene ring substituents is 1. The predicted molar refractivity (Wildman–Crippen MR) is 96.6 cm³/mol. The van der Waals surface area contributed by atoms with Gasteiger partial charge in [-0.3, -0.25) is 14.9 Å². The van der Waals surface area contributed by atoms with E-state index in [9.17, 15) is 32.9 Å². The van der Waals surface area contributed by atoms with Crippen molar-refractivity contribution in [1.82, 2.24) is 4.57 Å². The zero-order valence-corrected chi connectivity index (χ0v) is 15.7. The van der Waals surface area contributed by atoms with E-state index >= 15 is 0 Å². The maximum atomic E-state index is 12.7. The van der Waals surface area contributed by atoms with Crippen molar-refractivity contribution in [2.24, 2.45) is 0 Å². The summed E-state index contributed by atoms with van der Waals surface area (Å²) in [5.41, 5.74) is -0.249. The summed E-state index contributed by atoms with van der Waals surface area (Å²) in [4.78, 5) is 34.9. The lowest BCUT2D eigenvalue weighted by molar-refractivity contribution is -0.383. The number of rotatable bonds is 6. The molecule has 0 bridgehead atoms. The number of carbonyl (C=O) groups is 2. The summed E-state index contributed by atoms with van der Waals surface area (Å²) < 4.78 is 44.0. The maximum absolute atomic E-state index is 12.7. The van der Waals surface area contributed by atoms with Crippen LogP contribution in [0.2, 0.25) is 0 Å². The van der Waals surface area contributed by atoms with Crippen molar-refractivity contribution in [1.29, 1.82) is 0 Å². The predicted octanol–water partition coefficient (Wildman–Crippen LogP) is 3.76. The number of alkyl halides is 3. The molecule has 1 atom stereocenters. The van der Waals surface area contributed by atoms with Gasteiger partial charge in [-0.25, -0.2) is 4.79 Å². The van der Waals surface area contributed by atoms with Crippen molar-refractivity contribution in [2.75, 3.05) is 5.32 Å². The molecule has 1 N–H and O–H groups in total. The number of anilines is 1. The van der Waals surface area contributed by atoms with E-state index in [0.717, 1.165) is 4.57 Å². The largest absolute Gasteiger partial charge is 0.449 e. The van der Waals surface area contributed by atoms with Gasteiger partial charge in [0.25, 0.3) is 11.6 Å². The second-order valence-electron chi connectivity index (χ2n) is 6.30. The van der Waals surface area contributed by atoms with Gasteiger partial charge in [-0.15, -0.1) is 0 Å². The van der Waals surface area contributed by atoms with Gasteiger partial charge in [0.05, 0.1) is 10.5 Å². The minimum Gasteiger partial charge on any atom is -0.449 e. The highest BCUT2D eigenvalue weighted by atomic mass is 19.4. The number of aryl methyl sites for hydroxylation is 1. The molecule has 1 amide bonds. The van der Waals surface area contributed by atoms with Crippen LogP contribution in [0.4, 0.5) is 24.5 Å². The molecule has 1 unspecified atom stereocenters. The molecule has 0 saturated carbocycles. The fraction of sp³-hybridized carbons (Fsp3) is 0.333. The zero-order valence-electron chi connectivity index (χ0n) is 15.7. The standard InChI is InChI=1S/C18H18F3N3O5/c1-10-8-13(11(2)23(10)9-18(19,20)21)17(26)29-12(3)16(25)22-14-6-4-5-7-15(14)24(27)28/h4-8,12H,9H2,1-3H3,(H,22,25). The molecule has 0 saturated heterocycles. The number of nitrogens with zero attached hydrogens (tertiary/aromatic N) is 2. The van der Waals surface area contributed by atoms with Crippen molar-refractivity contribution in [3.8, 4) is 0 Å². The van der Waals surface area contributed by atoms with Crippen molar-refractivity contribution in [2.45, 2.75) is 39.6 Å². The monoisotopic (exact) mass is 413 g/mol. The Bertz CT molecular complexity index is 953. The van der Waals surface area contributed by atoms with Crippen molar-refractivity contribution >= 4 is 23.3 Å². The maximum Gasteiger partial charge on any atom is 0.406 e. The van der Waals surface area contributed by atoms with Crippen molar-refractivity contribution in [3.63, 3.8) is 0 Å². The van der Waals surface area contributed by atoms with Crippen LogP contribution >= 0.6 is 0 Å². The lowest BCUT2D eigenvalue weighted by atomic mass is 10.2. The molecule has 0 spiro atoms. The summed E-state index contributed by atoms with van der Waals surface area (Å²) in [6, 6.07) is 6.66. The lowest BCUT2D eigenvalue weighted by Crippen LogP contribution is -2.30. The first kappa shape index (κ1) is 21.9. The van der Waals surface area contributed by atoms with Crippen LogP contribution in [0.25, 0.3) is 0 Å². The molecule has 1 aromatic carbocycles. The highest BCUT2D eigenvalue weighted by molar-refractivity contribution is 5.99. The number of hydrogen-bond acceptors (Lipinski definition) is 5. The molecule has 0 aliphatic carbocycles. The first-order chi connectivity index (χ1) is 13.4. The molecule has 2 aromatic rings. The third-order valence-electron chi connectivity index (χ3n) is 4.14. The summed E-state index contributed by atoms with van der Waals surface area (Å²) >= 11 is 0. The first-order valence-corrected chi connectivity index (χ1v) is 8.39. The number of aromatic nitrogens is 1. The minimum atomic E-state index is -4.46. The number of ether oxygens (including phenoxy) is 1. The van der Waals surface area contributed by atoms with E-state index in [-0.39, 0.29) is 28.3 Å². The van der Waals surface area contributed by atoms with Gasteiger partial charge >= 0.3 is 12.1 Å². The fourth-order valence-electron chi connectivity index (χ4n) is 2.68. The fourth-order valence-corrected chi connectivity index (χ4v) is 2.68. The van der Waals surface area contributed by atoms with Gasteiger partial charge in [-0.1, -0.05) is 12.1 Å². The third-order valence-corrected chi connectivity index (χ3v) is 4.14. The van der Waals surface area contributed by atoms with E-state index in [1.807, 2.05) is 0 Å². The Hall–Kier alpha value is -3.37. The van der Waals surface area contributed by atoms with Crippen molar-refractivity contribution < 1.29 is 32.4 Å². The van der Waals surface area contributed by atoms with Crippen molar-refractivity contribution in [3.05, 3.63) is 57.4 Å². The van der Waals surface area contributed by atoms with E-state index in [1.54, 1.807) is 0 Å². The van der Waals surface area contributed by atoms with Crippen LogP contribution < -0.4 is 5.32 Å². The number of benzene rings is 1. The van der Waals surface area contributed by atoms with Crippen LogP contribution in [0.5, 0.6) is 0 Å². The molecule has 1 heterocycles. The van der Waals surface area contributed by atoms with E-state index < -0.39 is 35.6 Å². The molecular formula is C18H18F3N3O5. The number of hydrogen-bond donors (Lipinski definition) is 1. The molecule has 8 nitrogen and oxygen atoms in total. The van der Waals surface area contributed by atoms with Crippen LogP contribution in [0, 0.1) is 24.0 Å². The average Bonchev–Trinajstić information content (AvgIpc) is 2.88. The third kappa shape index (κ3) is 5.33. The molecule has 156 valence electrons. The first-order valence-electron chi connectivity index (χ1n) is 8.39. The number of esters is 1. The summed E-state index contributed by atoms with van der Waals surface area (Å²) in [6.07, 6.45) is -5.80. The quantitative estimate of drug-likeness (QED) is 0.441. The average molecular weight is 413 g/mol. The number of nitro groups is 1. The highest BCUT2D eigenvalue weighted by Crippen LogP contribution is 2.25. The number of para-hydroxylation sites is 2. The number of halogens is 3. The minimum absolute atomic E-state index is 0.0520. The van der Waals surface area contributed by atoms with Crippen LogP contribution in [-0.2, 0) is 16.1 Å². The van der Waals surface area contributed by atoms with Gasteiger partial charge in [0.2, 0.25) is 0 Å². The molecular weight excluding hydrogens is 395 g/mol. The van der Waals surface area contributed by atoms with Gasteiger partial charge in [-0.2, -0.15) is 13.2 Å². The smallest absolute Gasteiger partial charge is 0.406 e. The molecule has 2 rings (SSSR count). The molecule has 1 aromatic heterocycles. The molecule has 11 heteroatoms. The SMILES string of the molecule is Cc1cc(C(=O)OC(C)C(=O)Nc2ccccc2[N+](=O)[O-])c(C)n1CC(F)(F)F. The molecule has 0 aliphatic heterocycles. The molecule has 0 fully saturated rings. The van der Waals surface area contributed by atoms with Gasteiger partial charge in [0, 0.05) is 17.5 Å². The van der Waals surface area contributed by atoms with E-state index in [0.29, 0.717) is 0 Å². The number of carbonyl (C=O) groups excluding carboxylic acids is 2. The second kappa shape index (κ2) is 8.33. The summed E-state index contributed by atoms with van der Waals surface area (Å²) in [6.45, 7) is 2.75. The Kier molecular flexibility index (Phi) is 6.30. The Morgan fingerprint density at radius 2 is 1.90 bits per heavy atom. The molecule has 0 aliphatic rings. The van der Waals surface area contributed by atoms with Gasteiger partial charge in [0.15, 0.2) is 6.10 Å². The summed E-state index contributed by atoms with van der Waals surface area (Å²) in [7, 11) is 0. The summed E-state index contributed by atoms with van der Waals surface area (Å²) in [5, 5.41) is 13.3. The lowest BCUT2D eigenvalue weighted by Gasteiger charge is -2.14. The van der Waals surface area contributed by atoms with Crippen LogP contribution in [0.3, 0.4) is 0 Å². The van der Waals surface area contributed by atoms with Gasteiger partial charge in [-0.05, 0) is 32.9 Å². The Morgan fingerprint density at radius 3 is 2.48 bits per heavy atom. The number of nitrogens with one attached hydrogen (secondary N) is 1. The highest BCUT2D eigenvalue weighted by Gasteiger charge is 2.31. The van der Waals surface area contributed by atoms with E-state index in [2.05, 4.69) is 5.32 Å². The topological polar surface area (TPSA) is 103 Å². The van der Waals surface area contributed by atoms with Crippen LogP contribution in [0.1, 0.15) is 28.7 Å².